The Hall–Kier alpha value is -0.0400. The fourth-order valence-electron chi connectivity index (χ4n) is 3.70. The smallest absolute Gasteiger partial charge is 0.0433 e. The second kappa shape index (κ2) is 6.64. The Kier molecular flexibility index (Phi) is 5.82. The molecule has 0 heterocycles. The summed E-state index contributed by atoms with van der Waals surface area (Å²) < 4.78 is 0. The third-order valence-electron chi connectivity index (χ3n) is 4.70. The average molecular weight is 226 g/mol. The number of hydrogen-bond donors (Lipinski definition) is 1. The average Bonchev–Trinajstić information content (AvgIpc) is 2.25. The fourth-order valence-corrected chi connectivity index (χ4v) is 3.70. The van der Waals surface area contributed by atoms with Gasteiger partial charge in [0.05, 0.1) is 0 Å². The molecule has 1 rings (SSSR count). The van der Waals surface area contributed by atoms with Crippen molar-refractivity contribution >= 4 is 0 Å². The molecule has 16 heavy (non-hydrogen) atoms. The number of hydrogen-bond acceptors (Lipinski definition) is 1. The molecule has 96 valence electrons. The highest BCUT2D eigenvalue weighted by Crippen LogP contribution is 2.43. The Balaban J connectivity index is 2.68. The highest BCUT2D eigenvalue weighted by molar-refractivity contribution is 4.84. The second-order valence-electron chi connectivity index (χ2n) is 6.17. The minimum Gasteiger partial charge on any atom is -0.396 e. The van der Waals surface area contributed by atoms with Gasteiger partial charge in [0.2, 0.25) is 0 Å². The van der Waals surface area contributed by atoms with E-state index in [1.54, 1.807) is 0 Å². The highest BCUT2D eigenvalue weighted by Gasteiger charge is 2.34. The molecular weight excluding hydrogens is 196 g/mol. The Bertz CT molecular complexity index is 188. The summed E-state index contributed by atoms with van der Waals surface area (Å²) in [6.07, 6.45) is 6.46. The molecule has 0 aliphatic heterocycles. The van der Waals surface area contributed by atoms with Gasteiger partial charge < -0.3 is 5.11 Å². The number of aliphatic hydroxyl groups is 1. The molecule has 0 aromatic heterocycles. The predicted molar refractivity (Wildman–Crippen MR) is 70.3 cm³/mol. The molecule has 1 aliphatic carbocycles. The largest absolute Gasteiger partial charge is 0.396 e. The van der Waals surface area contributed by atoms with Crippen LogP contribution in [0.1, 0.15) is 59.8 Å². The summed E-state index contributed by atoms with van der Waals surface area (Å²) in [5, 5.41) is 9.19. The molecule has 1 aliphatic rings. The van der Waals surface area contributed by atoms with Crippen molar-refractivity contribution in [3.63, 3.8) is 0 Å². The first-order valence-electron chi connectivity index (χ1n) is 7.20. The molecule has 1 nitrogen and oxygen atoms in total. The van der Waals surface area contributed by atoms with Crippen molar-refractivity contribution in [1.82, 2.24) is 0 Å². The van der Waals surface area contributed by atoms with E-state index >= 15 is 0 Å². The summed E-state index contributed by atoms with van der Waals surface area (Å²) >= 11 is 0. The summed E-state index contributed by atoms with van der Waals surface area (Å²) in [6.45, 7) is 9.80. The van der Waals surface area contributed by atoms with Crippen LogP contribution < -0.4 is 0 Å². The van der Waals surface area contributed by atoms with Gasteiger partial charge in [-0.25, -0.2) is 0 Å². The molecule has 1 N–H and O–H groups in total. The first-order valence-corrected chi connectivity index (χ1v) is 7.20. The van der Waals surface area contributed by atoms with Crippen LogP contribution in [0, 0.1) is 29.6 Å². The van der Waals surface area contributed by atoms with Crippen LogP contribution in [0.4, 0.5) is 0 Å². The van der Waals surface area contributed by atoms with E-state index in [0.29, 0.717) is 6.61 Å². The first-order chi connectivity index (χ1) is 7.60. The molecule has 0 saturated heterocycles. The third-order valence-corrected chi connectivity index (χ3v) is 4.70. The van der Waals surface area contributed by atoms with E-state index in [1.807, 2.05) is 0 Å². The molecule has 4 atom stereocenters. The summed E-state index contributed by atoms with van der Waals surface area (Å²) in [5.74, 6) is 4.21. The van der Waals surface area contributed by atoms with E-state index in [4.69, 9.17) is 0 Å². The van der Waals surface area contributed by atoms with Crippen molar-refractivity contribution < 1.29 is 5.11 Å². The van der Waals surface area contributed by atoms with Gasteiger partial charge in [-0.1, -0.05) is 40.5 Å². The van der Waals surface area contributed by atoms with Gasteiger partial charge >= 0.3 is 0 Å². The van der Waals surface area contributed by atoms with Crippen molar-refractivity contribution in [2.75, 3.05) is 6.61 Å². The highest BCUT2D eigenvalue weighted by atomic mass is 16.3. The van der Waals surface area contributed by atoms with Crippen molar-refractivity contribution in [3.8, 4) is 0 Å². The fraction of sp³-hybridized carbons (Fsp3) is 1.00. The maximum absolute atomic E-state index is 9.19. The summed E-state index contributed by atoms with van der Waals surface area (Å²) in [5.41, 5.74) is 0. The number of aliphatic hydroxyl groups excluding tert-OH is 1. The van der Waals surface area contributed by atoms with Gasteiger partial charge in [-0.15, -0.1) is 0 Å². The summed E-state index contributed by atoms with van der Waals surface area (Å²) in [6, 6.07) is 0. The van der Waals surface area contributed by atoms with Crippen LogP contribution in [0.25, 0.3) is 0 Å². The van der Waals surface area contributed by atoms with Crippen LogP contribution in [0.15, 0.2) is 0 Å². The van der Waals surface area contributed by atoms with E-state index in [-0.39, 0.29) is 0 Å². The van der Waals surface area contributed by atoms with Gasteiger partial charge in [-0.05, 0) is 48.9 Å². The number of rotatable bonds is 5. The van der Waals surface area contributed by atoms with Crippen molar-refractivity contribution in [2.24, 2.45) is 29.6 Å². The van der Waals surface area contributed by atoms with Crippen molar-refractivity contribution in [2.45, 2.75) is 59.8 Å². The lowest BCUT2D eigenvalue weighted by Crippen LogP contribution is -2.33. The molecule has 4 unspecified atom stereocenters. The Morgan fingerprint density at radius 1 is 1.19 bits per heavy atom. The quantitative estimate of drug-likeness (QED) is 0.748. The van der Waals surface area contributed by atoms with Gasteiger partial charge in [0, 0.05) is 6.61 Å². The minimum absolute atomic E-state index is 0.369. The lowest BCUT2D eigenvalue weighted by atomic mass is 9.64. The molecule has 0 aromatic rings. The van der Waals surface area contributed by atoms with Gasteiger partial charge in [0.25, 0.3) is 0 Å². The van der Waals surface area contributed by atoms with Crippen LogP contribution in [0.2, 0.25) is 0 Å². The molecular formula is C15H30O. The van der Waals surface area contributed by atoms with Gasteiger partial charge in [0.15, 0.2) is 0 Å². The van der Waals surface area contributed by atoms with Crippen molar-refractivity contribution in [3.05, 3.63) is 0 Å². The van der Waals surface area contributed by atoms with E-state index < -0.39 is 0 Å². The maximum atomic E-state index is 9.19. The van der Waals surface area contributed by atoms with E-state index in [2.05, 4.69) is 27.7 Å². The standard InChI is InChI=1S/C15H30O/c1-5-13(8-9-16)15-10-12(4)6-7-14(15)11(2)3/h11-16H,5-10H2,1-4H3. The van der Waals surface area contributed by atoms with Crippen LogP contribution in [0.5, 0.6) is 0 Å². The van der Waals surface area contributed by atoms with Gasteiger partial charge in [0.1, 0.15) is 0 Å². The normalized spacial score (nSPS) is 33.0. The lowest BCUT2D eigenvalue weighted by Gasteiger charge is -2.41. The molecule has 0 amide bonds. The Morgan fingerprint density at radius 2 is 1.88 bits per heavy atom. The topological polar surface area (TPSA) is 20.2 Å². The SMILES string of the molecule is CCC(CCO)C1CC(C)CCC1C(C)C. The zero-order chi connectivity index (χ0) is 12.1. The third kappa shape index (κ3) is 3.48. The summed E-state index contributed by atoms with van der Waals surface area (Å²) in [7, 11) is 0. The first kappa shape index (κ1) is 14.0. The van der Waals surface area contributed by atoms with Crippen LogP contribution >= 0.6 is 0 Å². The predicted octanol–water partition coefficient (Wildman–Crippen LogP) is 4.10. The van der Waals surface area contributed by atoms with E-state index in [9.17, 15) is 5.11 Å². The zero-order valence-corrected chi connectivity index (χ0v) is 11.6. The van der Waals surface area contributed by atoms with Crippen molar-refractivity contribution in [1.29, 1.82) is 0 Å². The monoisotopic (exact) mass is 226 g/mol. The molecule has 1 heteroatoms. The zero-order valence-electron chi connectivity index (χ0n) is 11.6. The van der Waals surface area contributed by atoms with Crippen LogP contribution in [0.3, 0.4) is 0 Å². The molecule has 0 radical (unpaired) electrons. The second-order valence-corrected chi connectivity index (χ2v) is 6.17. The van der Waals surface area contributed by atoms with Gasteiger partial charge in [-0.3, -0.25) is 0 Å². The van der Waals surface area contributed by atoms with Crippen LogP contribution in [-0.2, 0) is 0 Å². The lowest BCUT2D eigenvalue weighted by molar-refractivity contribution is 0.0754. The molecule has 0 bridgehead atoms. The van der Waals surface area contributed by atoms with E-state index in [1.165, 1.54) is 25.7 Å². The Labute approximate surface area is 102 Å². The summed E-state index contributed by atoms with van der Waals surface area (Å²) in [4.78, 5) is 0. The molecule has 0 aromatic carbocycles. The van der Waals surface area contributed by atoms with E-state index in [0.717, 1.165) is 36.0 Å². The van der Waals surface area contributed by atoms with Gasteiger partial charge in [-0.2, -0.15) is 0 Å². The maximum Gasteiger partial charge on any atom is 0.0433 e. The van der Waals surface area contributed by atoms with Crippen LogP contribution in [-0.4, -0.2) is 11.7 Å². The molecule has 0 spiro atoms. The molecule has 1 saturated carbocycles. The molecule has 1 fully saturated rings. The minimum atomic E-state index is 0.369. The Morgan fingerprint density at radius 3 is 2.38 bits per heavy atom.